The largest absolute Gasteiger partial charge is 0.0859 e. The minimum absolute atomic E-state index is 0.349. The summed E-state index contributed by atoms with van der Waals surface area (Å²) in [4.78, 5) is 0. The number of halogens is 1. The van der Waals surface area contributed by atoms with Gasteiger partial charge in [0.2, 0.25) is 0 Å². The predicted molar refractivity (Wildman–Crippen MR) is 51.7 cm³/mol. The van der Waals surface area contributed by atoms with Crippen LogP contribution in [-0.2, 0) is 0 Å². The molecular weight excluding hydrogens is 188 g/mol. The maximum atomic E-state index is 3.63. The van der Waals surface area contributed by atoms with Gasteiger partial charge in [-0.3, -0.25) is 0 Å². The van der Waals surface area contributed by atoms with E-state index in [0.29, 0.717) is 4.32 Å². The lowest BCUT2D eigenvalue weighted by atomic mass is 10.0. The lowest BCUT2D eigenvalue weighted by Crippen LogP contribution is -2.08. The summed E-state index contributed by atoms with van der Waals surface area (Å²) in [5.41, 5.74) is 0. The molecule has 0 saturated heterocycles. The lowest BCUT2D eigenvalue weighted by Gasteiger charge is -2.15. The molecule has 62 valence electrons. The number of rotatable bonds is 4. The van der Waals surface area contributed by atoms with Crippen LogP contribution < -0.4 is 0 Å². The van der Waals surface area contributed by atoms with Crippen molar-refractivity contribution in [2.75, 3.05) is 0 Å². The first-order chi connectivity index (χ1) is 4.42. The van der Waals surface area contributed by atoms with Crippen molar-refractivity contribution in [1.82, 2.24) is 0 Å². The Kier molecular flexibility index (Phi) is 4.59. The van der Waals surface area contributed by atoms with Crippen molar-refractivity contribution in [3.63, 3.8) is 0 Å². The van der Waals surface area contributed by atoms with Crippen LogP contribution in [0.4, 0.5) is 0 Å². The average Bonchev–Trinajstić information content (AvgIpc) is 1.59. The van der Waals surface area contributed by atoms with E-state index < -0.39 is 0 Å². The molecule has 0 aliphatic carbocycles. The monoisotopic (exact) mass is 206 g/mol. The summed E-state index contributed by atoms with van der Waals surface area (Å²) in [5.74, 6) is 0.856. The van der Waals surface area contributed by atoms with Crippen LogP contribution in [-0.4, -0.2) is 4.32 Å². The first-order valence-corrected chi connectivity index (χ1v) is 4.90. The van der Waals surface area contributed by atoms with E-state index in [1.165, 1.54) is 19.3 Å². The molecule has 0 radical (unpaired) electrons. The fourth-order valence-corrected chi connectivity index (χ4v) is 1.21. The molecule has 0 saturated carbocycles. The summed E-state index contributed by atoms with van der Waals surface area (Å²) >= 11 is 3.63. The first kappa shape index (κ1) is 10.5. The van der Waals surface area contributed by atoms with E-state index >= 15 is 0 Å². The van der Waals surface area contributed by atoms with Crippen molar-refractivity contribution in [3.8, 4) is 0 Å². The Hall–Kier alpha value is 0.480. The third-order valence-electron chi connectivity index (χ3n) is 1.55. The van der Waals surface area contributed by atoms with Gasteiger partial charge in [-0.2, -0.15) is 0 Å². The van der Waals surface area contributed by atoms with Crippen LogP contribution in [0.3, 0.4) is 0 Å². The zero-order chi connectivity index (χ0) is 8.20. The van der Waals surface area contributed by atoms with Gasteiger partial charge in [-0.15, -0.1) is 0 Å². The normalized spacial score (nSPS) is 12.6. The molecule has 10 heavy (non-hydrogen) atoms. The third kappa shape index (κ3) is 8.48. The van der Waals surface area contributed by atoms with Gasteiger partial charge >= 0.3 is 0 Å². The second kappa shape index (κ2) is 4.38. The smallest absolute Gasteiger partial charge is 0.0201 e. The molecule has 0 unspecified atom stereocenters. The van der Waals surface area contributed by atoms with E-state index in [2.05, 4.69) is 43.6 Å². The van der Waals surface area contributed by atoms with Crippen LogP contribution in [0.5, 0.6) is 0 Å². The van der Waals surface area contributed by atoms with E-state index in [1.54, 1.807) is 0 Å². The van der Waals surface area contributed by atoms with E-state index in [-0.39, 0.29) is 0 Å². The molecule has 0 aliphatic heterocycles. The van der Waals surface area contributed by atoms with Gasteiger partial charge in [0.15, 0.2) is 0 Å². The number of hydrogen-bond acceptors (Lipinski definition) is 0. The number of hydrogen-bond donors (Lipinski definition) is 0. The molecule has 0 heterocycles. The average molecular weight is 207 g/mol. The van der Waals surface area contributed by atoms with Gasteiger partial charge in [0, 0.05) is 4.32 Å². The molecule has 0 aromatic heterocycles. The van der Waals surface area contributed by atoms with Gasteiger partial charge in [0.05, 0.1) is 0 Å². The van der Waals surface area contributed by atoms with Gasteiger partial charge in [0.1, 0.15) is 0 Å². The highest BCUT2D eigenvalue weighted by Gasteiger charge is 2.11. The van der Waals surface area contributed by atoms with Crippen molar-refractivity contribution in [2.24, 2.45) is 5.92 Å². The Balaban J connectivity index is 3.21. The molecule has 0 nitrogen and oxygen atoms in total. The SMILES string of the molecule is CC(C)CCCC(C)(C)Br. The van der Waals surface area contributed by atoms with Gasteiger partial charge in [-0.1, -0.05) is 56.5 Å². The summed E-state index contributed by atoms with van der Waals surface area (Å²) in [6, 6.07) is 0. The molecule has 0 atom stereocenters. The first-order valence-electron chi connectivity index (χ1n) is 4.11. The lowest BCUT2D eigenvalue weighted by molar-refractivity contribution is 0.506. The minimum atomic E-state index is 0.349. The highest BCUT2D eigenvalue weighted by molar-refractivity contribution is 9.10. The van der Waals surface area contributed by atoms with Crippen molar-refractivity contribution in [1.29, 1.82) is 0 Å². The quantitative estimate of drug-likeness (QED) is 0.611. The van der Waals surface area contributed by atoms with Crippen LogP contribution >= 0.6 is 15.9 Å². The highest BCUT2D eigenvalue weighted by Crippen LogP contribution is 2.24. The maximum Gasteiger partial charge on any atom is 0.0201 e. The molecule has 0 N–H and O–H groups in total. The van der Waals surface area contributed by atoms with Crippen LogP contribution in [0.25, 0.3) is 0 Å². The summed E-state index contributed by atoms with van der Waals surface area (Å²) in [5, 5.41) is 0. The van der Waals surface area contributed by atoms with Crippen LogP contribution in [0.15, 0.2) is 0 Å². The Labute approximate surface area is 73.5 Å². The highest BCUT2D eigenvalue weighted by atomic mass is 79.9. The maximum absolute atomic E-state index is 3.63. The number of alkyl halides is 1. The van der Waals surface area contributed by atoms with Crippen LogP contribution in [0.1, 0.15) is 47.0 Å². The standard InChI is InChI=1S/C9H19Br/c1-8(2)6-5-7-9(3,4)10/h8H,5-7H2,1-4H3. The zero-order valence-corrected chi connectivity index (χ0v) is 9.16. The fraction of sp³-hybridized carbons (Fsp3) is 1.00. The van der Waals surface area contributed by atoms with E-state index in [1.807, 2.05) is 0 Å². The van der Waals surface area contributed by atoms with Gasteiger partial charge in [0.25, 0.3) is 0 Å². The molecule has 0 aromatic rings. The molecular formula is C9H19Br. The minimum Gasteiger partial charge on any atom is -0.0859 e. The second-order valence-corrected chi connectivity index (χ2v) is 6.15. The molecule has 0 rings (SSSR count). The topological polar surface area (TPSA) is 0 Å². The Bertz CT molecular complexity index is 79.2. The second-order valence-electron chi connectivity index (χ2n) is 4.00. The molecule has 0 aliphatic rings. The molecule has 0 bridgehead atoms. The predicted octanol–water partition coefficient (Wildman–Crippen LogP) is 3.99. The Morgan fingerprint density at radius 1 is 1.30 bits per heavy atom. The molecule has 0 fully saturated rings. The van der Waals surface area contributed by atoms with Crippen molar-refractivity contribution in [2.45, 2.75) is 51.3 Å². The molecule has 1 heteroatoms. The zero-order valence-electron chi connectivity index (χ0n) is 7.58. The Morgan fingerprint density at radius 3 is 2.10 bits per heavy atom. The van der Waals surface area contributed by atoms with Gasteiger partial charge < -0.3 is 0 Å². The van der Waals surface area contributed by atoms with Crippen LogP contribution in [0, 0.1) is 5.92 Å². The van der Waals surface area contributed by atoms with Crippen molar-refractivity contribution < 1.29 is 0 Å². The molecule has 0 amide bonds. The van der Waals surface area contributed by atoms with Gasteiger partial charge in [-0.05, 0) is 12.3 Å². The Morgan fingerprint density at radius 2 is 1.80 bits per heavy atom. The summed E-state index contributed by atoms with van der Waals surface area (Å²) in [6.45, 7) is 9.02. The van der Waals surface area contributed by atoms with Crippen molar-refractivity contribution >= 4 is 15.9 Å². The van der Waals surface area contributed by atoms with E-state index in [4.69, 9.17) is 0 Å². The summed E-state index contributed by atoms with van der Waals surface area (Å²) in [6.07, 6.45) is 3.98. The molecule has 0 aromatic carbocycles. The van der Waals surface area contributed by atoms with E-state index in [9.17, 15) is 0 Å². The van der Waals surface area contributed by atoms with Crippen LogP contribution in [0.2, 0.25) is 0 Å². The summed E-state index contributed by atoms with van der Waals surface area (Å²) in [7, 11) is 0. The summed E-state index contributed by atoms with van der Waals surface area (Å²) < 4.78 is 0.349. The third-order valence-corrected chi connectivity index (χ3v) is 1.95. The van der Waals surface area contributed by atoms with Gasteiger partial charge in [-0.25, -0.2) is 0 Å². The van der Waals surface area contributed by atoms with E-state index in [0.717, 1.165) is 5.92 Å². The molecule has 0 spiro atoms. The van der Waals surface area contributed by atoms with Crippen molar-refractivity contribution in [3.05, 3.63) is 0 Å². The fourth-order valence-electron chi connectivity index (χ4n) is 0.931.